The molecule has 4 heteroatoms. The molecule has 0 radical (unpaired) electrons. The first-order valence-corrected chi connectivity index (χ1v) is 6.28. The summed E-state index contributed by atoms with van der Waals surface area (Å²) in [5, 5.41) is 6.60. The second-order valence-corrected chi connectivity index (χ2v) is 4.99. The number of rotatable bonds is 3. The largest absolute Gasteiger partial charge is 0.316 e. The molecule has 0 aliphatic carbocycles. The Morgan fingerprint density at radius 1 is 1.73 bits per heavy atom. The van der Waals surface area contributed by atoms with Gasteiger partial charge in [-0.15, -0.1) is 11.3 Å². The van der Waals surface area contributed by atoms with E-state index >= 15 is 0 Å². The van der Waals surface area contributed by atoms with Gasteiger partial charge in [0.25, 0.3) is 0 Å². The lowest BCUT2D eigenvalue weighted by atomic mass is 10.0. The number of piperidine rings is 1. The molecule has 1 aliphatic rings. The molecule has 82 valence electrons. The summed E-state index contributed by atoms with van der Waals surface area (Å²) in [5.74, 6) is 0.748. The topological polar surface area (TPSA) is 42.0 Å². The van der Waals surface area contributed by atoms with E-state index in [-0.39, 0.29) is 5.78 Å². The van der Waals surface area contributed by atoms with Crippen molar-refractivity contribution in [1.29, 1.82) is 0 Å². The summed E-state index contributed by atoms with van der Waals surface area (Å²) in [6, 6.07) is 0. The molecule has 0 amide bonds. The van der Waals surface area contributed by atoms with Crippen molar-refractivity contribution in [3.63, 3.8) is 0 Å². The SMILES string of the molecule is CC(=O)Cc1csc(C2CCCNC2)n1. The maximum absolute atomic E-state index is 11.0. The third-order valence-corrected chi connectivity index (χ3v) is 3.70. The molecule has 1 aromatic rings. The van der Waals surface area contributed by atoms with Gasteiger partial charge in [0.05, 0.1) is 10.7 Å². The van der Waals surface area contributed by atoms with Gasteiger partial charge in [0.15, 0.2) is 0 Å². The van der Waals surface area contributed by atoms with Gasteiger partial charge in [-0.2, -0.15) is 0 Å². The summed E-state index contributed by atoms with van der Waals surface area (Å²) in [6.07, 6.45) is 2.93. The van der Waals surface area contributed by atoms with Gasteiger partial charge in [-0.1, -0.05) is 0 Å². The Balaban J connectivity index is 2.02. The fourth-order valence-electron chi connectivity index (χ4n) is 1.91. The van der Waals surface area contributed by atoms with Gasteiger partial charge < -0.3 is 5.32 Å². The van der Waals surface area contributed by atoms with E-state index in [0.717, 1.165) is 18.8 Å². The lowest BCUT2D eigenvalue weighted by Crippen LogP contribution is -2.28. The van der Waals surface area contributed by atoms with Gasteiger partial charge in [0.2, 0.25) is 0 Å². The van der Waals surface area contributed by atoms with Crippen molar-refractivity contribution >= 4 is 17.1 Å². The van der Waals surface area contributed by atoms with Crippen molar-refractivity contribution < 1.29 is 4.79 Å². The van der Waals surface area contributed by atoms with Crippen molar-refractivity contribution in [1.82, 2.24) is 10.3 Å². The number of aromatic nitrogens is 1. The third-order valence-electron chi connectivity index (χ3n) is 2.65. The maximum Gasteiger partial charge on any atom is 0.135 e. The predicted molar refractivity (Wildman–Crippen MR) is 61.3 cm³/mol. The van der Waals surface area contributed by atoms with E-state index in [0.29, 0.717) is 12.3 Å². The highest BCUT2D eigenvalue weighted by Crippen LogP contribution is 2.26. The van der Waals surface area contributed by atoms with Crippen LogP contribution in [0, 0.1) is 0 Å². The van der Waals surface area contributed by atoms with Gasteiger partial charge in [-0.25, -0.2) is 4.98 Å². The van der Waals surface area contributed by atoms with Crippen LogP contribution in [-0.4, -0.2) is 23.9 Å². The zero-order valence-electron chi connectivity index (χ0n) is 8.95. The molecular formula is C11H16N2OS. The molecule has 0 aromatic carbocycles. The summed E-state index contributed by atoms with van der Waals surface area (Å²) < 4.78 is 0. The van der Waals surface area contributed by atoms with E-state index in [9.17, 15) is 4.79 Å². The first kappa shape index (κ1) is 10.8. The zero-order chi connectivity index (χ0) is 10.7. The minimum Gasteiger partial charge on any atom is -0.316 e. The van der Waals surface area contributed by atoms with Crippen molar-refractivity contribution in [2.45, 2.75) is 32.1 Å². The monoisotopic (exact) mass is 224 g/mol. The molecule has 1 saturated heterocycles. The van der Waals surface area contributed by atoms with Crippen molar-refractivity contribution in [2.24, 2.45) is 0 Å². The molecule has 1 fully saturated rings. The van der Waals surface area contributed by atoms with Crippen LogP contribution in [-0.2, 0) is 11.2 Å². The summed E-state index contributed by atoms with van der Waals surface area (Å²) in [7, 11) is 0. The molecule has 3 nitrogen and oxygen atoms in total. The molecule has 0 spiro atoms. The zero-order valence-corrected chi connectivity index (χ0v) is 9.77. The predicted octanol–water partition coefficient (Wildman–Crippen LogP) is 1.74. The van der Waals surface area contributed by atoms with Gasteiger partial charge in [-0.3, -0.25) is 4.79 Å². The van der Waals surface area contributed by atoms with Gasteiger partial charge in [-0.05, 0) is 26.3 Å². The highest BCUT2D eigenvalue weighted by atomic mass is 32.1. The van der Waals surface area contributed by atoms with E-state index in [1.165, 1.54) is 17.8 Å². The first-order chi connectivity index (χ1) is 7.25. The number of nitrogens with one attached hydrogen (secondary N) is 1. The van der Waals surface area contributed by atoms with Crippen LogP contribution < -0.4 is 5.32 Å². The number of Topliss-reactive ketones (excluding diaryl/α,β-unsaturated/α-hetero) is 1. The molecule has 1 N–H and O–H groups in total. The number of carbonyl (C=O) groups is 1. The molecule has 2 heterocycles. The first-order valence-electron chi connectivity index (χ1n) is 5.40. The van der Waals surface area contributed by atoms with Crippen molar-refractivity contribution in [3.05, 3.63) is 16.1 Å². The van der Waals surface area contributed by atoms with E-state index in [1.54, 1.807) is 18.3 Å². The molecule has 0 bridgehead atoms. The fourth-order valence-corrected chi connectivity index (χ4v) is 2.87. The van der Waals surface area contributed by atoms with E-state index < -0.39 is 0 Å². The lowest BCUT2D eigenvalue weighted by molar-refractivity contribution is -0.116. The minimum absolute atomic E-state index is 0.189. The van der Waals surface area contributed by atoms with Gasteiger partial charge >= 0.3 is 0 Å². The molecule has 1 atom stereocenters. The average Bonchev–Trinajstić information content (AvgIpc) is 2.67. The van der Waals surface area contributed by atoms with Gasteiger partial charge in [0.1, 0.15) is 5.78 Å². The van der Waals surface area contributed by atoms with Crippen LogP contribution in [0.25, 0.3) is 0 Å². The number of thiazole rings is 1. The van der Waals surface area contributed by atoms with Crippen LogP contribution in [0.15, 0.2) is 5.38 Å². The normalized spacial score (nSPS) is 21.5. The minimum atomic E-state index is 0.189. The molecular weight excluding hydrogens is 208 g/mol. The van der Waals surface area contributed by atoms with Crippen molar-refractivity contribution in [2.75, 3.05) is 13.1 Å². The van der Waals surface area contributed by atoms with Crippen LogP contribution in [0.4, 0.5) is 0 Å². The smallest absolute Gasteiger partial charge is 0.135 e. The Labute approximate surface area is 93.9 Å². The fraction of sp³-hybridized carbons (Fsp3) is 0.636. The third kappa shape index (κ3) is 2.86. The van der Waals surface area contributed by atoms with Crippen LogP contribution in [0.3, 0.4) is 0 Å². The Hall–Kier alpha value is -0.740. The molecule has 1 unspecified atom stereocenters. The summed E-state index contributed by atoms with van der Waals surface area (Å²) in [5.41, 5.74) is 0.938. The Morgan fingerprint density at radius 2 is 2.60 bits per heavy atom. The summed E-state index contributed by atoms with van der Waals surface area (Å²) >= 11 is 1.69. The molecule has 2 rings (SSSR count). The number of hydrogen-bond acceptors (Lipinski definition) is 4. The molecule has 15 heavy (non-hydrogen) atoms. The lowest BCUT2D eigenvalue weighted by Gasteiger charge is -2.20. The molecule has 0 saturated carbocycles. The maximum atomic E-state index is 11.0. The standard InChI is InChI=1S/C11H16N2OS/c1-8(14)5-10-7-15-11(13-10)9-3-2-4-12-6-9/h7,9,12H,2-6H2,1H3. The van der Waals surface area contributed by atoms with Gasteiger partial charge in [0, 0.05) is 24.3 Å². The second kappa shape index (κ2) is 4.86. The Bertz CT molecular complexity index is 342. The number of ketones is 1. The highest BCUT2D eigenvalue weighted by molar-refractivity contribution is 7.09. The summed E-state index contributed by atoms with van der Waals surface area (Å²) in [6.45, 7) is 3.77. The van der Waals surface area contributed by atoms with Crippen LogP contribution in [0.1, 0.15) is 36.4 Å². The number of hydrogen-bond donors (Lipinski definition) is 1. The average molecular weight is 224 g/mol. The second-order valence-electron chi connectivity index (χ2n) is 4.10. The molecule has 1 aromatic heterocycles. The van der Waals surface area contributed by atoms with E-state index in [1.807, 2.05) is 5.38 Å². The Kier molecular flexibility index (Phi) is 3.49. The Morgan fingerprint density at radius 3 is 3.27 bits per heavy atom. The van der Waals surface area contributed by atoms with Crippen LogP contribution >= 0.6 is 11.3 Å². The number of carbonyl (C=O) groups excluding carboxylic acids is 1. The summed E-state index contributed by atoms with van der Waals surface area (Å²) in [4.78, 5) is 15.5. The number of nitrogens with zero attached hydrogens (tertiary/aromatic N) is 1. The van der Waals surface area contributed by atoms with Crippen LogP contribution in [0.2, 0.25) is 0 Å². The highest BCUT2D eigenvalue weighted by Gasteiger charge is 2.18. The van der Waals surface area contributed by atoms with E-state index in [4.69, 9.17) is 0 Å². The van der Waals surface area contributed by atoms with Crippen molar-refractivity contribution in [3.8, 4) is 0 Å². The molecule has 1 aliphatic heterocycles. The van der Waals surface area contributed by atoms with Crippen LogP contribution in [0.5, 0.6) is 0 Å². The quantitative estimate of drug-likeness (QED) is 0.850. The van der Waals surface area contributed by atoms with E-state index in [2.05, 4.69) is 10.3 Å².